The van der Waals surface area contributed by atoms with Gasteiger partial charge in [0.15, 0.2) is 5.82 Å². The van der Waals surface area contributed by atoms with Gasteiger partial charge in [-0.05, 0) is 48.6 Å². The van der Waals surface area contributed by atoms with Crippen LogP contribution in [-0.2, 0) is 5.54 Å². The smallest absolute Gasteiger partial charge is 0.254 e. The van der Waals surface area contributed by atoms with Crippen molar-refractivity contribution in [2.24, 2.45) is 5.73 Å². The number of aromatic nitrogens is 2. The van der Waals surface area contributed by atoms with Crippen LogP contribution in [0, 0.1) is 17.1 Å². The quantitative estimate of drug-likeness (QED) is 0.855. The molecule has 25 heavy (non-hydrogen) atoms. The number of rotatable bonds is 5. The number of anilines is 2. The Morgan fingerprint density at radius 1 is 1.40 bits per heavy atom. The Kier molecular flexibility index (Phi) is 4.95. The van der Waals surface area contributed by atoms with Gasteiger partial charge in [0.25, 0.3) is 5.91 Å². The minimum absolute atomic E-state index is 0.250. The monoisotopic (exact) mass is 359 g/mol. The van der Waals surface area contributed by atoms with Crippen LogP contribution in [0.1, 0.15) is 29.6 Å². The fraction of sp³-hybridized carbons (Fsp3) is 0.353. The number of benzene rings is 1. The van der Waals surface area contributed by atoms with Crippen molar-refractivity contribution in [1.82, 2.24) is 9.78 Å². The fourth-order valence-corrected chi connectivity index (χ4v) is 4.20. The average Bonchev–Trinajstić information content (AvgIpc) is 3.03. The molecule has 0 saturated carbocycles. The minimum Gasteiger partial charge on any atom is -0.365 e. The number of hydrogen-bond acceptors (Lipinski definition) is 5. The van der Waals surface area contributed by atoms with Gasteiger partial charge >= 0.3 is 0 Å². The summed E-state index contributed by atoms with van der Waals surface area (Å²) in [5, 5.41) is 16.8. The predicted octanol–water partition coefficient (Wildman–Crippen LogP) is 3.00. The van der Waals surface area contributed by atoms with Gasteiger partial charge in [-0.15, -0.1) is 0 Å². The van der Waals surface area contributed by atoms with Gasteiger partial charge in [-0.3, -0.25) is 9.48 Å². The first-order valence-corrected chi connectivity index (χ1v) is 9.07. The van der Waals surface area contributed by atoms with Crippen molar-refractivity contribution in [3.8, 4) is 6.07 Å². The zero-order valence-corrected chi connectivity index (χ0v) is 14.4. The summed E-state index contributed by atoms with van der Waals surface area (Å²) in [5.74, 6) is 1.24. The number of hydrogen-bond donors (Lipinski definition) is 2. The molecule has 1 aliphatic heterocycles. The molecule has 1 saturated heterocycles. The molecular weight excluding hydrogens is 341 g/mol. The van der Waals surface area contributed by atoms with Gasteiger partial charge in [0.1, 0.15) is 11.4 Å². The summed E-state index contributed by atoms with van der Waals surface area (Å²) in [6.45, 7) is 0. The van der Waals surface area contributed by atoms with Crippen molar-refractivity contribution in [2.45, 2.75) is 24.8 Å². The van der Waals surface area contributed by atoms with Crippen LogP contribution in [-0.4, -0.2) is 27.2 Å². The van der Waals surface area contributed by atoms with Crippen LogP contribution in [0.3, 0.4) is 0 Å². The maximum Gasteiger partial charge on any atom is 0.254 e. The Morgan fingerprint density at radius 3 is 2.68 bits per heavy atom. The van der Waals surface area contributed by atoms with Crippen LogP contribution >= 0.6 is 11.8 Å². The zero-order chi connectivity index (χ0) is 17.9. The maximum absolute atomic E-state index is 13.1. The van der Waals surface area contributed by atoms with E-state index in [0.717, 1.165) is 24.3 Å². The largest absolute Gasteiger partial charge is 0.365 e. The van der Waals surface area contributed by atoms with E-state index in [0.29, 0.717) is 17.9 Å². The van der Waals surface area contributed by atoms with Gasteiger partial charge in [-0.2, -0.15) is 22.1 Å². The Morgan fingerprint density at radius 2 is 2.08 bits per heavy atom. The number of nitriles is 1. The SMILES string of the molecule is N#CCC1(n2cc(C(N)=O)c(Nc3ccc(F)cc3)n2)CCSCC1. The molecule has 8 heteroatoms. The van der Waals surface area contributed by atoms with E-state index in [-0.39, 0.29) is 11.4 Å². The lowest BCUT2D eigenvalue weighted by Gasteiger charge is -2.35. The first kappa shape index (κ1) is 17.3. The van der Waals surface area contributed by atoms with E-state index in [1.54, 1.807) is 23.0 Å². The minimum atomic E-state index is -0.604. The zero-order valence-electron chi connectivity index (χ0n) is 13.5. The topological polar surface area (TPSA) is 96.7 Å². The molecule has 6 nitrogen and oxygen atoms in total. The second kappa shape index (κ2) is 7.15. The van der Waals surface area contributed by atoms with Crippen LogP contribution in [0.15, 0.2) is 30.5 Å². The molecule has 3 rings (SSSR count). The third-order valence-electron chi connectivity index (χ3n) is 4.40. The van der Waals surface area contributed by atoms with E-state index in [2.05, 4.69) is 16.5 Å². The first-order valence-electron chi connectivity index (χ1n) is 7.91. The summed E-state index contributed by atoms with van der Waals surface area (Å²) in [6, 6.07) is 7.99. The fourth-order valence-electron chi connectivity index (χ4n) is 2.94. The van der Waals surface area contributed by atoms with E-state index < -0.39 is 11.4 Å². The summed E-state index contributed by atoms with van der Waals surface area (Å²) in [7, 11) is 0. The molecule has 2 heterocycles. The van der Waals surface area contributed by atoms with Crippen LogP contribution in [0.2, 0.25) is 0 Å². The number of nitrogens with one attached hydrogen (secondary N) is 1. The summed E-state index contributed by atoms with van der Waals surface area (Å²) < 4.78 is 14.8. The third kappa shape index (κ3) is 3.61. The molecule has 0 bridgehead atoms. The van der Waals surface area contributed by atoms with E-state index >= 15 is 0 Å². The van der Waals surface area contributed by atoms with Crippen LogP contribution in [0.25, 0.3) is 0 Å². The number of carbonyl (C=O) groups is 1. The molecule has 0 spiro atoms. The molecule has 0 unspecified atom stereocenters. The highest BCUT2D eigenvalue weighted by Crippen LogP contribution is 2.37. The van der Waals surface area contributed by atoms with Crippen LogP contribution in [0.4, 0.5) is 15.9 Å². The van der Waals surface area contributed by atoms with E-state index in [4.69, 9.17) is 5.73 Å². The normalized spacial score (nSPS) is 16.2. The second-order valence-electron chi connectivity index (χ2n) is 6.00. The Balaban J connectivity index is 1.97. The highest BCUT2D eigenvalue weighted by atomic mass is 32.2. The number of amides is 1. The van der Waals surface area contributed by atoms with Crippen molar-refractivity contribution in [2.75, 3.05) is 16.8 Å². The number of halogens is 1. The molecule has 1 fully saturated rings. The molecule has 1 aromatic carbocycles. The first-order chi connectivity index (χ1) is 12.0. The van der Waals surface area contributed by atoms with Crippen molar-refractivity contribution in [3.05, 3.63) is 41.8 Å². The molecule has 1 aliphatic rings. The maximum atomic E-state index is 13.1. The molecule has 1 amide bonds. The molecule has 3 N–H and O–H groups in total. The van der Waals surface area contributed by atoms with E-state index in [1.807, 2.05) is 11.8 Å². The lowest BCUT2D eigenvalue weighted by Crippen LogP contribution is -2.37. The number of thioether (sulfide) groups is 1. The number of nitrogens with zero attached hydrogens (tertiary/aromatic N) is 3. The van der Waals surface area contributed by atoms with Crippen molar-refractivity contribution in [1.29, 1.82) is 5.26 Å². The predicted molar refractivity (Wildman–Crippen MR) is 95.2 cm³/mol. The molecular formula is C17H18FN5OS. The van der Waals surface area contributed by atoms with E-state index in [9.17, 15) is 14.4 Å². The Labute approximate surface area is 149 Å². The summed E-state index contributed by atoms with van der Waals surface area (Å²) in [6.07, 6.45) is 3.55. The number of carbonyl (C=O) groups excluding carboxylic acids is 1. The Bertz CT molecular complexity index is 805. The highest BCUT2D eigenvalue weighted by molar-refractivity contribution is 7.99. The van der Waals surface area contributed by atoms with E-state index in [1.165, 1.54) is 12.1 Å². The average molecular weight is 359 g/mol. The standard InChI is InChI=1S/C17H18FN5OS/c18-12-1-3-13(4-2-12)21-16-14(15(20)24)11-23(22-16)17(5-8-19)6-9-25-10-7-17/h1-4,11H,5-7,9-10H2,(H2,20,24)(H,21,22). The number of nitrogens with two attached hydrogens (primary N) is 1. The number of primary amides is 1. The summed E-state index contributed by atoms with van der Waals surface area (Å²) >= 11 is 1.85. The van der Waals surface area contributed by atoms with Gasteiger partial charge in [-0.25, -0.2) is 4.39 Å². The second-order valence-corrected chi connectivity index (χ2v) is 7.23. The summed E-state index contributed by atoms with van der Waals surface area (Å²) in [4.78, 5) is 11.8. The van der Waals surface area contributed by atoms with Crippen molar-refractivity contribution >= 4 is 29.2 Å². The van der Waals surface area contributed by atoms with Crippen molar-refractivity contribution < 1.29 is 9.18 Å². The molecule has 0 radical (unpaired) electrons. The van der Waals surface area contributed by atoms with Gasteiger partial charge in [0.05, 0.1) is 18.0 Å². The van der Waals surface area contributed by atoms with Crippen molar-refractivity contribution in [3.63, 3.8) is 0 Å². The highest BCUT2D eigenvalue weighted by Gasteiger charge is 2.36. The lowest BCUT2D eigenvalue weighted by atomic mass is 9.89. The third-order valence-corrected chi connectivity index (χ3v) is 5.39. The lowest BCUT2D eigenvalue weighted by molar-refractivity contribution is 0.100. The molecule has 2 aromatic rings. The Hall–Kier alpha value is -2.53. The summed E-state index contributed by atoms with van der Waals surface area (Å²) in [5.41, 5.74) is 5.92. The molecule has 0 aliphatic carbocycles. The molecule has 130 valence electrons. The van der Waals surface area contributed by atoms with Gasteiger partial charge < -0.3 is 11.1 Å². The molecule has 1 aromatic heterocycles. The van der Waals surface area contributed by atoms with Gasteiger partial charge in [0, 0.05) is 11.9 Å². The van der Waals surface area contributed by atoms with Crippen LogP contribution in [0.5, 0.6) is 0 Å². The van der Waals surface area contributed by atoms with Gasteiger partial charge in [0.2, 0.25) is 0 Å². The molecule has 0 atom stereocenters. The van der Waals surface area contributed by atoms with Gasteiger partial charge in [-0.1, -0.05) is 0 Å². The van der Waals surface area contributed by atoms with Crippen LogP contribution < -0.4 is 11.1 Å².